The van der Waals surface area contributed by atoms with E-state index in [-0.39, 0.29) is 11.2 Å². The Morgan fingerprint density at radius 2 is 1.93 bits per heavy atom. The van der Waals surface area contributed by atoms with Gasteiger partial charge in [0.25, 0.3) is 0 Å². The average molecular weight is 208 g/mol. The quantitative estimate of drug-likeness (QED) is 0.558. The van der Waals surface area contributed by atoms with Crippen LogP contribution in [0.3, 0.4) is 0 Å². The molecule has 0 aliphatic rings. The van der Waals surface area contributed by atoms with Crippen LogP contribution in [0.2, 0.25) is 0 Å². The van der Waals surface area contributed by atoms with Crippen LogP contribution in [0.1, 0.15) is 26.3 Å². The highest BCUT2D eigenvalue weighted by Crippen LogP contribution is 2.23. The molecule has 0 saturated heterocycles. The molecule has 1 rings (SSSR count). The molecule has 2 nitrogen and oxygen atoms in total. The van der Waals surface area contributed by atoms with Crippen LogP contribution in [0.25, 0.3) is 0 Å². The highest BCUT2D eigenvalue weighted by atomic mass is 19.1. The van der Waals surface area contributed by atoms with Gasteiger partial charge in [0, 0.05) is 11.0 Å². The van der Waals surface area contributed by atoms with E-state index in [4.69, 9.17) is 5.73 Å². The highest BCUT2D eigenvalue weighted by molar-refractivity contribution is 5.88. The highest BCUT2D eigenvalue weighted by Gasteiger charge is 2.16. The summed E-state index contributed by atoms with van der Waals surface area (Å²) in [7, 11) is 0. The molecule has 0 radical (unpaired) electrons. The minimum absolute atomic E-state index is 0.196. The number of aliphatic imine (C=N–C) groups is 1. The van der Waals surface area contributed by atoms with E-state index < -0.39 is 0 Å². The van der Waals surface area contributed by atoms with Crippen molar-refractivity contribution in [3.8, 4) is 0 Å². The maximum Gasteiger partial charge on any atom is 0.128 e. The summed E-state index contributed by atoms with van der Waals surface area (Å²) in [5.41, 5.74) is 6.77. The Kier molecular flexibility index (Phi) is 3.12. The van der Waals surface area contributed by atoms with Gasteiger partial charge in [-0.2, -0.15) is 0 Å². The van der Waals surface area contributed by atoms with Gasteiger partial charge < -0.3 is 5.73 Å². The summed E-state index contributed by atoms with van der Waals surface area (Å²) in [6, 6.07) is 4.82. The second kappa shape index (κ2) is 4.01. The molecule has 0 unspecified atom stereocenters. The number of nitrogens with zero attached hydrogens (tertiary/aromatic N) is 1. The van der Waals surface area contributed by atoms with Crippen molar-refractivity contribution in [2.75, 3.05) is 0 Å². The summed E-state index contributed by atoms with van der Waals surface area (Å²) in [4.78, 5) is 4.25. The van der Waals surface area contributed by atoms with Crippen molar-refractivity contribution in [1.82, 2.24) is 0 Å². The fraction of sp³-hybridized carbons (Fsp3) is 0.417. The number of nitrogens with two attached hydrogens (primary N) is 1. The lowest BCUT2D eigenvalue weighted by Crippen LogP contribution is -2.28. The maximum atomic E-state index is 13.2. The van der Waals surface area contributed by atoms with Crippen molar-refractivity contribution >= 4 is 11.5 Å². The Labute approximate surface area is 90.0 Å². The lowest BCUT2D eigenvalue weighted by molar-refractivity contribution is 0.584. The fourth-order valence-corrected chi connectivity index (χ4v) is 1.01. The molecule has 0 spiro atoms. The van der Waals surface area contributed by atoms with Crippen molar-refractivity contribution in [3.05, 3.63) is 29.6 Å². The topological polar surface area (TPSA) is 38.4 Å². The minimum atomic E-state index is -0.252. The smallest absolute Gasteiger partial charge is 0.128 e. The number of amidine groups is 1. The van der Waals surface area contributed by atoms with E-state index in [0.29, 0.717) is 17.1 Å². The van der Waals surface area contributed by atoms with E-state index in [2.05, 4.69) is 4.99 Å². The zero-order chi connectivity index (χ0) is 11.6. The maximum absolute atomic E-state index is 13.2. The summed E-state index contributed by atoms with van der Waals surface area (Å²) >= 11 is 0. The molecule has 15 heavy (non-hydrogen) atoms. The Hall–Kier alpha value is -1.38. The van der Waals surface area contributed by atoms with E-state index in [0.717, 1.165) is 0 Å². The zero-order valence-electron chi connectivity index (χ0n) is 9.63. The predicted octanol–water partition coefficient (Wildman–Crippen LogP) is 3.17. The van der Waals surface area contributed by atoms with Crippen LogP contribution in [0.4, 0.5) is 10.1 Å². The number of halogens is 1. The lowest BCUT2D eigenvalue weighted by atomic mass is 9.95. The Balaban J connectivity index is 3.15. The third-order valence-corrected chi connectivity index (χ3v) is 2.25. The largest absolute Gasteiger partial charge is 0.387 e. The molecule has 1 aromatic carbocycles. The van der Waals surface area contributed by atoms with Crippen LogP contribution >= 0.6 is 0 Å². The van der Waals surface area contributed by atoms with Gasteiger partial charge in [-0.1, -0.05) is 26.8 Å². The van der Waals surface area contributed by atoms with Crippen molar-refractivity contribution < 1.29 is 4.39 Å². The summed E-state index contributed by atoms with van der Waals surface area (Å²) in [6.45, 7) is 7.62. The summed E-state index contributed by atoms with van der Waals surface area (Å²) in [5.74, 6) is 0.258. The van der Waals surface area contributed by atoms with Gasteiger partial charge in [0.05, 0.1) is 5.69 Å². The molecule has 0 aromatic heterocycles. The van der Waals surface area contributed by atoms with Crippen molar-refractivity contribution in [2.45, 2.75) is 27.7 Å². The second-order valence-electron chi connectivity index (χ2n) is 4.63. The second-order valence-corrected chi connectivity index (χ2v) is 4.63. The molecule has 0 atom stereocenters. The number of rotatable bonds is 1. The first-order valence-electron chi connectivity index (χ1n) is 4.92. The molecule has 0 bridgehead atoms. The molecule has 0 aliphatic heterocycles. The van der Waals surface area contributed by atoms with E-state index in [1.54, 1.807) is 19.1 Å². The van der Waals surface area contributed by atoms with E-state index in [1.807, 2.05) is 20.8 Å². The first-order chi connectivity index (χ1) is 6.82. The molecule has 82 valence electrons. The molecule has 0 saturated carbocycles. The fourth-order valence-electron chi connectivity index (χ4n) is 1.01. The summed E-state index contributed by atoms with van der Waals surface area (Å²) in [5, 5.41) is 0. The van der Waals surface area contributed by atoms with Crippen LogP contribution in [-0.2, 0) is 0 Å². The zero-order valence-corrected chi connectivity index (χ0v) is 9.63. The van der Waals surface area contributed by atoms with Gasteiger partial charge in [-0.3, -0.25) is 0 Å². The lowest BCUT2D eigenvalue weighted by Gasteiger charge is -2.17. The Morgan fingerprint density at radius 1 is 1.33 bits per heavy atom. The van der Waals surface area contributed by atoms with Crippen LogP contribution in [0.15, 0.2) is 23.2 Å². The molecule has 3 heteroatoms. The Bertz CT molecular complexity index is 389. The third-order valence-electron chi connectivity index (χ3n) is 2.25. The molecule has 0 aliphatic carbocycles. The SMILES string of the molecule is Cc1c(F)cccc1N=C(N)C(C)(C)C. The molecule has 0 fully saturated rings. The molecule has 0 heterocycles. The van der Waals surface area contributed by atoms with Crippen LogP contribution < -0.4 is 5.73 Å². The third kappa shape index (κ3) is 2.78. The number of hydrogen-bond donors (Lipinski definition) is 1. The first-order valence-corrected chi connectivity index (χ1v) is 4.92. The molecule has 2 N–H and O–H groups in total. The van der Waals surface area contributed by atoms with E-state index >= 15 is 0 Å². The number of benzene rings is 1. The van der Waals surface area contributed by atoms with Crippen molar-refractivity contribution in [3.63, 3.8) is 0 Å². The first kappa shape index (κ1) is 11.7. The average Bonchev–Trinajstić information content (AvgIpc) is 2.11. The number of hydrogen-bond acceptors (Lipinski definition) is 1. The summed E-state index contributed by atoms with van der Waals surface area (Å²) in [6.07, 6.45) is 0. The molecular weight excluding hydrogens is 191 g/mol. The van der Waals surface area contributed by atoms with Crippen molar-refractivity contribution in [1.29, 1.82) is 0 Å². The van der Waals surface area contributed by atoms with Crippen LogP contribution in [0, 0.1) is 18.2 Å². The van der Waals surface area contributed by atoms with Gasteiger partial charge >= 0.3 is 0 Å². The van der Waals surface area contributed by atoms with Gasteiger partial charge in [-0.25, -0.2) is 9.38 Å². The Morgan fingerprint density at radius 3 is 2.47 bits per heavy atom. The van der Waals surface area contributed by atoms with Crippen molar-refractivity contribution in [2.24, 2.45) is 16.1 Å². The normalized spacial score (nSPS) is 13.0. The van der Waals surface area contributed by atoms with Gasteiger partial charge in [0.2, 0.25) is 0 Å². The standard InChI is InChI=1S/C12H17FN2/c1-8-9(13)6-5-7-10(8)15-11(14)12(2,3)4/h5-7H,1-4H3,(H2,14,15). The van der Waals surface area contributed by atoms with E-state index in [9.17, 15) is 4.39 Å². The van der Waals surface area contributed by atoms with Gasteiger partial charge in [-0.15, -0.1) is 0 Å². The van der Waals surface area contributed by atoms with Gasteiger partial charge in [-0.05, 0) is 19.1 Å². The molecular formula is C12H17FN2. The molecule has 1 aromatic rings. The van der Waals surface area contributed by atoms with E-state index in [1.165, 1.54) is 6.07 Å². The van der Waals surface area contributed by atoms with Crippen LogP contribution in [-0.4, -0.2) is 5.84 Å². The van der Waals surface area contributed by atoms with Crippen LogP contribution in [0.5, 0.6) is 0 Å². The predicted molar refractivity (Wildman–Crippen MR) is 61.9 cm³/mol. The van der Waals surface area contributed by atoms with Gasteiger partial charge in [0.1, 0.15) is 11.7 Å². The summed E-state index contributed by atoms with van der Waals surface area (Å²) < 4.78 is 13.2. The van der Waals surface area contributed by atoms with Gasteiger partial charge in [0.15, 0.2) is 0 Å². The molecule has 0 amide bonds. The monoisotopic (exact) mass is 208 g/mol. The minimum Gasteiger partial charge on any atom is -0.387 e.